The third-order valence-electron chi connectivity index (χ3n) is 5.89. The molecule has 0 aliphatic heterocycles. The Morgan fingerprint density at radius 1 is 1.10 bits per heavy atom. The van der Waals surface area contributed by atoms with Gasteiger partial charge in [-0.25, -0.2) is 0 Å². The van der Waals surface area contributed by atoms with Gasteiger partial charge in [0, 0.05) is 18.6 Å². The van der Waals surface area contributed by atoms with E-state index >= 15 is 0 Å². The van der Waals surface area contributed by atoms with Gasteiger partial charge in [0.1, 0.15) is 0 Å². The van der Waals surface area contributed by atoms with E-state index in [4.69, 9.17) is 0 Å². The molecule has 0 aromatic carbocycles. The first-order chi connectivity index (χ1) is 9.41. The van der Waals surface area contributed by atoms with Gasteiger partial charge in [0.25, 0.3) is 0 Å². The number of rotatable bonds is 5. The molecule has 0 saturated heterocycles. The van der Waals surface area contributed by atoms with E-state index in [0.717, 1.165) is 30.5 Å². The fourth-order valence-electron chi connectivity index (χ4n) is 4.13. The first-order valence-corrected chi connectivity index (χ1v) is 8.85. The van der Waals surface area contributed by atoms with Crippen molar-refractivity contribution in [2.45, 2.75) is 78.3 Å². The summed E-state index contributed by atoms with van der Waals surface area (Å²) in [5.74, 6) is 1.75. The van der Waals surface area contributed by atoms with Crippen molar-refractivity contribution >= 4 is 0 Å². The van der Waals surface area contributed by atoms with Gasteiger partial charge in [-0.1, -0.05) is 34.1 Å². The van der Waals surface area contributed by atoms with Crippen LogP contribution in [0.3, 0.4) is 0 Å². The molecule has 0 amide bonds. The summed E-state index contributed by atoms with van der Waals surface area (Å²) >= 11 is 0. The lowest BCUT2D eigenvalue weighted by atomic mass is 9.67. The minimum atomic E-state index is 0.477. The van der Waals surface area contributed by atoms with Gasteiger partial charge in [0.05, 0.1) is 0 Å². The van der Waals surface area contributed by atoms with E-state index in [1.54, 1.807) is 0 Å². The molecule has 2 aliphatic carbocycles. The smallest absolute Gasteiger partial charge is 0.0108 e. The lowest BCUT2D eigenvalue weighted by molar-refractivity contribution is 0.0679. The van der Waals surface area contributed by atoms with Gasteiger partial charge in [-0.2, -0.15) is 0 Å². The third-order valence-corrected chi connectivity index (χ3v) is 5.89. The summed E-state index contributed by atoms with van der Waals surface area (Å²) in [4.78, 5) is 2.66. The third kappa shape index (κ3) is 3.98. The Bertz CT molecular complexity index is 290. The molecule has 0 aromatic rings. The summed E-state index contributed by atoms with van der Waals surface area (Å²) in [6.45, 7) is 12.0. The summed E-state index contributed by atoms with van der Waals surface area (Å²) in [6, 6.07) is 1.63. The molecule has 0 bridgehead atoms. The lowest BCUT2D eigenvalue weighted by Gasteiger charge is -2.45. The Kier molecular flexibility index (Phi) is 5.53. The molecule has 2 rings (SSSR count). The van der Waals surface area contributed by atoms with Crippen molar-refractivity contribution in [3.63, 3.8) is 0 Å². The van der Waals surface area contributed by atoms with E-state index in [1.807, 2.05) is 0 Å². The van der Waals surface area contributed by atoms with Crippen LogP contribution in [0.4, 0.5) is 0 Å². The average Bonchev–Trinajstić information content (AvgIpc) is 2.27. The van der Waals surface area contributed by atoms with Crippen molar-refractivity contribution in [1.82, 2.24) is 10.2 Å². The molecule has 20 heavy (non-hydrogen) atoms. The summed E-state index contributed by atoms with van der Waals surface area (Å²) in [6.07, 6.45) is 8.50. The molecule has 118 valence electrons. The Morgan fingerprint density at radius 3 is 2.30 bits per heavy atom. The normalized spacial score (nSPS) is 32.4. The Labute approximate surface area is 126 Å². The molecule has 3 atom stereocenters. The molecule has 0 heterocycles. The van der Waals surface area contributed by atoms with Gasteiger partial charge in [-0.3, -0.25) is 0 Å². The van der Waals surface area contributed by atoms with Crippen LogP contribution >= 0.6 is 0 Å². The lowest BCUT2D eigenvalue weighted by Crippen LogP contribution is -2.49. The molecule has 2 saturated carbocycles. The fourth-order valence-corrected chi connectivity index (χ4v) is 4.13. The van der Waals surface area contributed by atoms with Crippen molar-refractivity contribution in [2.75, 3.05) is 20.1 Å². The minimum absolute atomic E-state index is 0.477. The van der Waals surface area contributed by atoms with Gasteiger partial charge in [-0.15, -0.1) is 0 Å². The molecule has 1 N–H and O–H groups in total. The topological polar surface area (TPSA) is 15.3 Å². The SMILES string of the molecule is CCNC1CCC(C(C)(C)C)CC1CN(C)C1CCC1. The van der Waals surface area contributed by atoms with Crippen LogP contribution in [-0.4, -0.2) is 37.1 Å². The van der Waals surface area contributed by atoms with Crippen LogP contribution < -0.4 is 5.32 Å². The van der Waals surface area contributed by atoms with E-state index in [-0.39, 0.29) is 0 Å². The van der Waals surface area contributed by atoms with E-state index < -0.39 is 0 Å². The monoisotopic (exact) mass is 280 g/mol. The van der Waals surface area contributed by atoms with Crippen molar-refractivity contribution in [2.24, 2.45) is 17.3 Å². The molecule has 2 heteroatoms. The first-order valence-electron chi connectivity index (χ1n) is 8.85. The van der Waals surface area contributed by atoms with Gasteiger partial charge < -0.3 is 10.2 Å². The van der Waals surface area contributed by atoms with Gasteiger partial charge in [-0.05, 0) is 62.9 Å². The molecular formula is C18H36N2. The van der Waals surface area contributed by atoms with Crippen molar-refractivity contribution < 1.29 is 0 Å². The highest BCUT2D eigenvalue weighted by molar-refractivity contribution is 4.91. The summed E-state index contributed by atoms with van der Waals surface area (Å²) < 4.78 is 0. The zero-order chi connectivity index (χ0) is 14.8. The maximum atomic E-state index is 3.76. The fraction of sp³-hybridized carbons (Fsp3) is 1.00. The Hall–Kier alpha value is -0.0800. The summed E-state index contributed by atoms with van der Waals surface area (Å²) in [5.41, 5.74) is 0.477. The number of nitrogens with one attached hydrogen (secondary N) is 1. The van der Waals surface area contributed by atoms with Crippen LogP contribution in [0.25, 0.3) is 0 Å². The first kappa shape index (κ1) is 16.3. The van der Waals surface area contributed by atoms with E-state index in [1.165, 1.54) is 45.1 Å². The van der Waals surface area contributed by atoms with Crippen LogP contribution in [0.2, 0.25) is 0 Å². The molecule has 2 aliphatic rings. The van der Waals surface area contributed by atoms with Gasteiger partial charge in [0.15, 0.2) is 0 Å². The van der Waals surface area contributed by atoms with Crippen molar-refractivity contribution in [3.05, 3.63) is 0 Å². The van der Waals surface area contributed by atoms with Crippen LogP contribution in [0.1, 0.15) is 66.2 Å². The van der Waals surface area contributed by atoms with Crippen molar-refractivity contribution in [3.8, 4) is 0 Å². The van der Waals surface area contributed by atoms with Crippen molar-refractivity contribution in [1.29, 1.82) is 0 Å². The van der Waals surface area contributed by atoms with E-state index in [2.05, 4.69) is 45.0 Å². The molecule has 0 spiro atoms. The average molecular weight is 281 g/mol. The second kappa shape index (κ2) is 6.79. The highest BCUT2D eigenvalue weighted by Gasteiger charge is 2.36. The Morgan fingerprint density at radius 2 is 1.80 bits per heavy atom. The van der Waals surface area contributed by atoms with E-state index in [0.29, 0.717) is 5.41 Å². The molecule has 0 radical (unpaired) electrons. The largest absolute Gasteiger partial charge is 0.314 e. The minimum Gasteiger partial charge on any atom is -0.314 e. The van der Waals surface area contributed by atoms with Gasteiger partial charge >= 0.3 is 0 Å². The predicted octanol–water partition coefficient (Wildman–Crippen LogP) is 3.91. The maximum Gasteiger partial charge on any atom is 0.0108 e. The van der Waals surface area contributed by atoms with E-state index in [9.17, 15) is 0 Å². The molecule has 3 unspecified atom stereocenters. The zero-order valence-corrected chi connectivity index (χ0v) is 14.4. The zero-order valence-electron chi connectivity index (χ0n) is 14.4. The number of nitrogens with zero attached hydrogens (tertiary/aromatic N) is 1. The maximum absolute atomic E-state index is 3.76. The second-order valence-electron chi connectivity index (χ2n) is 8.32. The summed E-state index contributed by atoms with van der Waals surface area (Å²) in [5, 5.41) is 3.76. The number of hydrogen-bond acceptors (Lipinski definition) is 2. The quantitative estimate of drug-likeness (QED) is 0.821. The van der Waals surface area contributed by atoms with Gasteiger partial charge in [0.2, 0.25) is 0 Å². The van der Waals surface area contributed by atoms with Crippen LogP contribution in [0.5, 0.6) is 0 Å². The molecular weight excluding hydrogens is 244 g/mol. The number of hydrogen-bond donors (Lipinski definition) is 1. The highest BCUT2D eigenvalue weighted by Crippen LogP contribution is 2.41. The standard InChI is InChI=1S/C18H36N2/c1-6-19-17-11-10-15(18(2,3)4)12-14(17)13-20(5)16-8-7-9-16/h14-17,19H,6-13H2,1-5H3. The highest BCUT2D eigenvalue weighted by atomic mass is 15.1. The predicted molar refractivity (Wildman–Crippen MR) is 88.0 cm³/mol. The molecule has 2 nitrogen and oxygen atoms in total. The Balaban J connectivity index is 1.94. The molecule has 2 fully saturated rings. The molecule has 0 aromatic heterocycles. The van der Waals surface area contributed by atoms with Crippen LogP contribution in [0.15, 0.2) is 0 Å². The van der Waals surface area contributed by atoms with Crippen LogP contribution in [0, 0.1) is 17.3 Å². The summed E-state index contributed by atoms with van der Waals surface area (Å²) in [7, 11) is 2.35. The van der Waals surface area contributed by atoms with Crippen LogP contribution in [-0.2, 0) is 0 Å². The second-order valence-corrected chi connectivity index (χ2v) is 8.32.